The molecule has 0 saturated carbocycles. The molecule has 1 N–H and O–H groups in total. The molecule has 1 aliphatic heterocycles. The van der Waals surface area contributed by atoms with Crippen LogP contribution in [0, 0.1) is 5.92 Å². The summed E-state index contributed by atoms with van der Waals surface area (Å²) >= 11 is 0. The van der Waals surface area contributed by atoms with Gasteiger partial charge in [0.25, 0.3) is 5.91 Å². The fourth-order valence-corrected chi connectivity index (χ4v) is 3.61. The summed E-state index contributed by atoms with van der Waals surface area (Å²) in [7, 11) is 3.53. The maximum absolute atomic E-state index is 12.0. The van der Waals surface area contributed by atoms with Crippen LogP contribution in [0.25, 0.3) is 0 Å². The number of likely N-dealkylation sites (tertiary alicyclic amines) is 1. The molecule has 0 unspecified atom stereocenters. The highest BCUT2D eigenvalue weighted by atomic mass is 16.1. The second kappa shape index (κ2) is 7.82. The van der Waals surface area contributed by atoms with Gasteiger partial charge in [-0.1, -0.05) is 0 Å². The summed E-state index contributed by atoms with van der Waals surface area (Å²) in [4.78, 5) is 18.9. The molecule has 0 aromatic carbocycles. The Labute approximate surface area is 149 Å². The monoisotopic (exact) mass is 344 g/mol. The highest BCUT2D eigenvalue weighted by molar-refractivity contribution is 5.94. The standard InChI is InChI=1S/C18H28N6O/c1-4-24-10-7-20-17(24)13-23-8-5-14(6-9-23)11-16-15(18(25)19-2)12-22(3)21-16/h7,10,12,14H,4-6,8-9,11,13H2,1-3H3,(H,19,25). The van der Waals surface area contributed by atoms with Crippen LogP contribution in [-0.2, 0) is 26.6 Å². The molecule has 25 heavy (non-hydrogen) atoms. The van der Waals surface area contributed by atoms with Crippen molar-refractivity contribution >= 4 is 5.91 Å². The summed E-state index contributed by atoms with van der Waals surface area (Å²) in [5.74, 6) is 1.68. The van der Waals surface area contributed by atoms with Crippen LogP contribution in [0.15, 0.2) is 18.6 Å². The lowest BCUT2D eigenvalue weighted by atomic mass is 9.91. The molecule has 7 nitrogen and oxygen atoms in total. The molecular weight excluding hydrogens is 316 g/mol. The minimum absolute atomic E-state index is 0.0491. The molecule has 1 saturated heterocycles. The summed E-state index contributed by atoms with van der Waals surface area (Å²) in [5, 5.41) is 7.21. The van der Waals surface area contributed by atoms with Gasteiger partial charge in [0.1, 0.15) is 5.82 Å². The molecule has 0 radical (unpaired) electrons. The lowest BCUT2D eigenvalue weighted by Crippen LogP contribution is -2.35. The van der Waals surface area contributed by atoms with Crippen molar-refractivity contribution in [3.63, 3.8) is 0 Å². The highest BCUT2D eigenvalue weighted by Gasteiger charge is 2.24. The Balaban J connectivity index is 1.55. The van der Waals surface area contributed by atoms with Crippen LogP contribution in [0.1, 0.15) is 41.6 Å². The van der Waals surface area contributed by atoms with E-state index in [9.17, 15) is 4.79 Å². The van der Waals surface area contributed by atoms with Gasteiger partial charge >= 0.3 is 0 Å². The minimum Gasteiger partial charge on any atom is -0.355 e. The third-order valence-electron chi connectivity index (χ3n) is 5.07. The molecule has 3 rings (SSSR count). The second-order valence-corrected chi connectivity index (χ2v) is 6.80. The number of aryl methyl sites for hydroxylation is 2. The predicted octanol–water partition coefficient (Wildman–Crippen LogP) is 1.45. The summed E-state index contributed by atoms with van der Waals surface area (Å²) in [6, 6.07) is 0. The van der Waals surface area contributed by atoms with Gasteiger partial charge in [-0.05, 0) is 45.2 Å². The molecule has 3 heterocycles. The Kier molecular flexibility index (Phi) is 5.53. The number of imidazole rings is 1. The number of piperidine rings is 1. The van der Waals surface area contributed by atoms with Crippen LogP contribution in [0.5, 0.6) is 0 Å². The molecule has 7 heteroatoms. The Morgan fingerprint density at radius 1 is 1.36 bits per heavy atom. The van der Waals surface area contributed by atoms with Crippen LogP contribution in [0.3, 0.4) is 0 Å². The fraction of sp³-hybridized carbons (Fsp3) is 0.611. The van der Waals surface area contributed by atoms with Crippen molar-refractivity contribution in [2.24, 2.45) is 13.0 Å². The zero-order valence-electron chi connectivity index (χ0n) is 15.4. The van der Waals surface area contributed by atoms with E-state index in [0.717, 1.165) is 57.0 Å². The normalized spacial score (nSPS) is 16.3. The smallest absolute Gasteiger partial charge is 0.254 e. The van der Waals surface area contributed by atoms with Crippen molar-refractivity contribution < 1.29 is 4.79 Å². The second-order valence-electron chi connectivity index (χ2n) is 6.80. The molecule has 0 spiro atoms. The van der Waals surface area contributed by atoms with Crippen LogP contribution in [0.4, 0.5) is 0 Å². The van der Waals surface area contributed by atoms with Crippen molar-refractivity contribution in [3.05, 3.63) is 35.7 Å². The molecular formula is C18H28N6O. The Morgan fingerprint density at radius 3 is 2.80 bits per heavy atom. The van der Waals surface area contributed by atoms with Gasteiger partial charge in [-0.3, -0.25) is 14.4 Å². The number of nitrogens with zero attached hydrogens (tertiary/aromatic N) is 5. The summed E-state index contributed by atoms with van der Waals surface area (Å²) in [6.07, 6.45) is 8.89. The first-order valence-electron chi connectivity index (χ1n) is 9.07. The third-order valence-corrected chi connectivity index (χ3v) is 5.07. The van der Waals surface area contributed by atoms with Crippen molar-refractivity contribution in [2.45, 2.75) is 39.3 Å². The Hall–Kier alpha value is -2.15. The number of nitrogens with one attached hydrogen (secondary N) is 1. The zero-order valence-corrected chi connectivity index (χ0v) is 15.4. The maximum atomic E-state index is 12.0. The van der Waals surface area contributed by atoms with Crippen molar-refractivity contribution in [1.82, 2.24) is 29.5 Å². The van der Waals surface area contributed by atoms with Crippen molar-refractivity contribution in [1.29, 1.82) is 0 Å². The lowest BCUT2D eigenvalue weighted by molar-refractivity contribution is 0.0961. The summed E-state index contributed by atoms with van der Waals surface area (Å²) in [5.41, 5.74) is 1.62. The quantitative estimate of drug-likeness (QED) is 0.861. The average molecular weight is 344 g/mol. The van der Waals surface area contributed by atoms with Gasteiger partial charge in [0.05, 0.1) is 17.8 Å². The predicted molar refractivity (Wildman–Crippen MR) is 96.2 cm³/mol. The molecule has 1 amide bonds. The zero-order chi connectivity index (χ0) is 17.8. The first-order chi connectivity index (χ1) is 12.1. The summed E-state index contributed by atoms with van der Waals surface area (Å²) in [6.45, 7) is 6.18. The Morgan fingerprint density at radius 2 is 2.12 bits per heavy atom. The van der Waals surface area contributed by atoms with Gasteiger partial charge in [0, 0.05) is 39.2 Å². The topological polar surface area (TPSA) is 68.0 Å². The molecule has 0 bridgehead atoms. The largest absolute Gasteiger partial charge is 0.355 e. The molecule has 0 atom stereocenters. The van der Waals surface area contributed by atoms with E-state index in [1.54, 1.807) is 11.7 Å². The average Bonchev–Trinajstić information content (AvgIpc) is 3.22. The molecule has 0 aliphatic carbocycles. The number of amides is 1. The first-order valence-corrected chi connectivity index (χ1v) is 9.07. The number of rotatable bonds is 6. The van der Waals surface area contributed by atoms with Crippen molar-refractivity contribution in [3.8, 4) is 0 Å². The first kappa shape index (κ1) is 17.7. The Bertz CT molecular complexity index is 711. The van der Waals surface area contributed by atoms with E-state index in [-0.39, 0.29) is 5.91 Å². The number of carbonyl (C=O) groups excluding carboxylic acids is 1. The van der Waals surface area contributed by atoms with Crippen LogP contribution < -0.4 is 5.32 Å². The maximum Gasteiger partial charge on any atom is 0.254 e. The van der Waals surface area contributed by atoms with E-state index in [2.05, 4.69) is 31.8 Å². The van der Waals surface area contributed by atoms with E-state index in [1.165, 1.54) is 0 Å². The van der Waals surface area contributed by atoms with E-state index in [1.807, 2.05) is 25.6 Å². The van der Waals surface area contributed by atoms with E-state index in [4.69, 9.17) is 0 Å². The van der Waals surface area contributed by atoms with Gasteiger partial charge in [0.2, 0.25) is 0 Å². The number of hydrogen-bond donors (Lipinski definition) is 1. The van der Waals surface area contributed by atoms with Crippen LogP contribution in [0.2, 0.25) is 0 Å². The molecule has 1 aliphatic rings. The van der Waals surface area contributed by atoms with E-state index < -0.39 is 0 Å². The molecule has 136 valence electrons. The van der Waals surface area contributed by atoms with Gasteiger partial charge in [0.15, 0.2) is 0 Å². The lowest BCUT2D eigenvalue weighted by Gasteiger charge is -2.31. The van der Waals surface area contributed by atoms with Crippen molar-refractivity contribution in [2.75, 3.05) is 20.1 Å². The molecule has 2 aromatic rings. The minimum atomic E-state index is -0.0491. The third kappa shape index (κ3) is 4.10. The van der Waals surface area contributed by atoms with E-state index in [0.29, 0.717) is 11.5 Å². The number of carbonyl (C=O) groups is 1. The van der Waals surface area contributed by atoms with Crippen LogP contribution >= 0.6 is 0 Å². The van der Waals surface area contributed by atoms with Gasteiger partial charge in [-0.2, -0.15) is 5.10 Å². The van der Waals surface area contributed by atoms with Gasteiger partial charge < -0.3 is 9.88 Å². The molecule has 1 fully saturated rings. The number of hydrogen-bond acceptors (Lipinski definition) is 4. The van der Waals surface area contributed by atoms with Crippen LogP contribution in [-0.4, -0.2) is 50.3 Å². The van der Waals surface area contributed by atoms with Gasteiger partial charge in [-0.15, -0.1) is 0 Å². The highest BCUT2D eigenvalue weighted by Crippen LogP contribution is 2.23. The summed E-state index contributed by atoms with van der Waals surface area (Å²) < 4.78 is 3.94. The van der Waals surface area contributed by atoms with Gasteiger partial charge in [-0.25, -0.2) is 4.98 Å². The SMILES string of the molecule is CCn1ccnc1CN1CCC(Cc2nn(C)cc2C(=O)NC)CC1. The van der Waals surface area contributed by atoms with E-state index >= 15 is 0 Å². The fourth-order valence-electron chi connectivity index (χ4n) is 3.61. The number of aromatic nitrogens is 4. The molecule has 2 aromatic heterocycles.